The number of methoxy groups -OCH3 is 2. The van der Waals surface area contributed by atoms with Gasteiger partial charge in [-0.15, -0.1) is 11.3 Å². The minimum absolute atomic E-state index is 0.0417. The summed E-state index contributed by atoms with van der Waals surface area (Å²) < 4.78 is 12.4. The molecule has 0 saturated heterocycles. The van der Waals surface area contributed by atoms with Gasteiger partial charge in [0, 0.05) is 18.3 Å². The van der Waals surface area contributed by atoms with Crippen molar-refractivity contribution in [3.63, 3.8) is 0 Å². The Labute approximate surface area is 234 Å². The number of hydrogen-bond acceptors (Lipinski definition) is 8. The predicted octanol–water partition coefficient (Wildman–Crippen LogP) is 6.37. The number of aromatic hydroxyl groups is 1. The molecule has 0 atom stereocenters. The van der Waals surface area contributed by atoms with E-state index in [1.165, 1.54) is 23.1 Å². The quantitative estimate of drug-likeness (QED) is 0.153. The van der Waals surface area contributed by atoms with Gasteiger partial charge in [0.1, 0.15) is 5.75 Å². The van der Waals surface area contributed by atoms with Gasteiger partial charge in [-0.05, 0) is 59.2 Å². The molecule has 5 aromatic rings. The lowest BCUT2D eigenvalue weighted by atomic mass is 10.0. The Balaban J connectivity index is 1.17. The van der Waals surface area contributed by atoms with Crippen LogP contribution in [-0.4, -0.2) is 48.7 Å². The van der Waals surface area contributed by atoms with E-state index in [9.17, 15) is 9.90 Å². The summed E-state index contributed by atoms with van der Waals surface area (Å²) in [5.41, 5.74) is 3.37. The van der Waals surface area contributed by atoms with Gasteiger partial charge in [-0.2, -0.15) is 0 Å². The molecule has 1 aromatic heterocycles. The lowest BCUT2D eigenvalue weighted by molar-refractivity contribution is -0.118. The number of nitrogens with one attached hydrogen (secondary N) is 1. The Kier molecular flexibility index (Phi) is 8.29. The molecule has 0 aliphatic rings. The first-order valence-corrected chi connectivity index (χ1v) is 14.1. The van der Waals surface area contributed by atoms with E-state index >= 15 is 0 Å². The number of aromatic nitrogens is 1. The molecular formula is C30H27N3O4S2. The number of amides is 1. The van der Waals surface area contributed by atoms with Crippen LogP contribution in [0.1, 0.15) is 11.1 Å². The van der Waals surface area contributed by atoms with E-state index in [0.29, 0.717) is 30.0 Å². The number of ether oxygens (including phenoxy) is 2. The molecule has 0 aliphatic heterocycles. The van der Waals surface area contributed by atoms with Crippen LogP contribution in [0.2, 0.25) is 0 Å². The second-order valence-electron chi connectivity index (χ2n) is 8.69. The molecule has 0 bridgehead atoms. The van der Waals surface area contributed by atoms with Gasteiger partial charge in [0.2, 0.25) is 5.91 Å². The Morgan fingerprint density at radius 3 is 2.74 bits per heavy atom. The van der Waals surface area contributed by atoms with Crippen molar-refractivity contribution in [2.24, 2.45) is 4.99 Å². The van der Waals surface area contributed by atoms with Crippen LogP contribution in [0.4, 0.5) is 5.69 Å². The number of nitrogens with zero attached hydrogens (tertiary/aromatic N) is 2. The summed E-state index contributed by atoms with van der Waals surface area (Å²) >= 11 is 2.95. The summed E-state index contributed by atoms with van der Waals surface area (Å²) in [6.07, 6.45) is 2.39. The summed E-state index contributed by atoms with van der Waals surface area (Å²) in [5, 5.41) is 15.3. The van der Waals surface area contributed by atoms with Crippen molar-refractivity contribution in [2.45, 2.75) is 10.8 Å². The van der Waals surface area contributed by atoms with Crippen molar-refractivity contribution in [3.05, 3.63) is 83.9 Å². The van der Waals surface area contributed by atoms with Crippen LogP contribution in [0, 0.1) is 0 Å². The maximum absolute atomic E-state index is 12.4. The van der Waals surface area contributed by atoms with Gasteiger partial charge in [0.05, 0.1) is 35.9 Å². The molecule has 0 saturated carbocycles. The van der Waals surface area contributed by atoms with Gasteiger partial charge < -0.3 is 19.9 Å². The van der Waals surface area contributed by atoms with Gasteiger partial charge in [0.15, 0.2) is 15.8 Å². The Hall–Kier alpha value is -4.08. The second-order valence-corrected chi connectivity index (χ2v) is 10.9. The minimum Gasteiger partial charge on any atom is -0.507 e. The van der Waals surface area contributed by atoms with Crippen LogP contribution >= 0.6 is 23.1 Å². The lowest BCUT2D eigenvalue weighted by Crippen LogP contribution is -2.27. The first-order chi connectivity index (χ1) is 19.0. The van der Waals surface area contributed by atoms with Crippen LogP contribution in [-0.2, 0) is 11.2 Å². The highest BCUT2D eigenvalue weighted by Gasteiger charge is 2.10. The highest BCUT2D eigenvalue weighted by atomic mass is 32.2. The average Bonchev–Trinajstić information content (AvgIpc) is 3.37. The van der Waals surface area contributed by atoms with Gasteiger partial charge in [-0.25, -0.2) is 4.98 Å². The van der Waals surface area contributed by atoms with Crippen molar-refractivity contribution in [1.82, 2.24) is 10.3 Å². The number of thioether (sulfide) groups is 1. The third-order valence-corrected chi connectivity index (χ3v) is 8.31. The summed E-state index contributed by atoms with van der Waals surface area (Å²) in [6.45, 7) is 0.530. The average molecular weight is 558 g/mol. The van der Waals surface area contributed by atoms with Crippen molar-refractivity contribution in [3.8, 4) is 17.2 Å². The number of phenols is 1. The predicted molar refractivity (Wildman–Crippen MR) is 159 cm³/mol. The second kappa shape index (κ2) is 12.2. The number of carbonyl (C=O) groups is 1. The van der Waals surface area contributed by atoms with Crippen molar-refractivity contribution in [1.29, 1.82) is 0 Å². The normalized spacial score (nSPS) is 11.3. The monoisotopic (exact) mass is 557 g/mol. The molecule has 39 heavy (non-hydrogen) atoms. The first kappa shape index (κ1) is 26.5. The number of hydrogen-bond donors (Lipinski definition) is 2. The molecule has 2 N–H and O–H groups in total. The van der Waals surface area contributed by atoms with Crippen LogP contribution < -0.4 is 14.8 Å². The third kappa shape index (κ3) is 6.32. The molecule has 0 radical (unpaired) electrons. The zero-order valence-electron chi connectivity index (χ0n) is 21.5. The van der Waals surface area contributed by atoms with E-state index in [1.807, 2.05) is 66.7 Å². The van der Waals surface area contributed by atoms with E-state index < -0.39 is 0 Å². The number of carbonyl (C=O) groups excluding carboxylic acids is 1. The van der Waals surface area contributed by atoms with Crippen molar-refractivity contribution >= 4 is 61.9 Å². The molecule has 0 unspecified atom stereocenters. The van der Waals surface area contributed by atoms with Gasteiger partial charge in [-0.3, -0.25) is 9.79 Å². The largest absolute Gasteiger partial charge is 0.507 e. The fourth-order valence-corrected chi connectivity index (χ4v) is 6.09. The Morgan fingerprint density at radius 2 is 1.90 bits per heavy atom. The molecule has 198 valence electrons. The van der Waals surface area contributed by atoms with E-state index in [0.717, 1.165) is 36.6 Å². The molecule has 0 spiro atoms. The topological polar surface area (TPSA) is 93.0 Å². The summed E-state index contributed by atoms with van der Waals surface area (Å²) in [7, 11) is 3.21. The lowest BCUT2D eigenvalue weighted by Gasteiger charge is -2.10. The highest BCUT2D eigenvalue weighted by molar-refractivity contribution is 8.01. The SMILES string of the molecule is COc1ccc(CCNC(=O)CSc2nc3ccc(N=Cc4c(O)ccc5ccccc45)cc3s2)cc1OC. The summed E-state index contributed by atoms with van der Waals surface area (Å²) in [5.74, 6) is 1.79. The number of thiazole rings is 1. The first-order valence-electron chi connectivity index (χ1n) is 12.3. The Bertz CT molecular complexity index is 1670. The molecule has 7 nitrogen and oxygen atoms in total. The third-order valence-electron chi connectivity index (χ3n) is 6.15. The van der Waals surface area contributed by atoms with Crippen LogP contribution in [0.3, 0.4) is 0 Å². The van der Waals surface area contributed by atoms with Crippen LogP contribution in [0.5, 0.6) is 17.2 Å². The molecular weight excluding hydrogens is 530 g/mol. The zero-order chi connectivity index (χ0) is 27.2. The van der Waals surface area contributed by atoms with Gasteiger partial charge >= 0.3 is 0 Å². The molecule has 1 amide bonds. The Morgan fingerprint density at radius 1 is 1.05 bits per heavy atom. The molecule has 0 fully saturated rings. The smallest absolute Gasteiger partial charge is 0.230 e. The van der Waals surface area contributed by atoms with Crippen LogP contribution in [0.25, 0.3) is 21.0 Å². The highest BCUT2D eigenvalue weighted by Crippen LogP contribution is 2.33. The zero-order valence-corrected chi connectivity index (χ0v) is 23.1. The molecule has 1 heterocycles. The van der Waals surface area contributed by atoms with E-state index in [1.54, 1.807) is 26.5 Å². The van der Waals surface area contributed by atoms with Gasteiger partial charge in [0.25, 0.3) is 0 Å². The van der Waals surface area contributed by atoms with Crippen molar-refractivity contribution in [2.75, 3.05) is 26.5 Å². The molecule has 0 aliphatic carbocycles. The standard InChI is InChI=1S/C30H27N3O4S2/c1-36-26-12-7-19(15-27(26)37-2)13-14-31-29(35)18-38-30-33-24-10-9-21(16-28(24)39-30)32-17-23-22-6-4-3-5-20(22)8-11-25(23)34/h3-12,15-17,34H,13-14,18H2,1-2H3,(H,31,35). The number of rotatable bonds is 10. The van der Waals surface area contributed by atoms with E-state index in [-0.39, 0.29) is 17.4 Å². The van der Waals surface area contributed by atoms with E-state index in [2.05, 4.69) is 15.3 Å². The van der Waals surface area contributed by atoms with E-state index in [4.69, 9.17) is 9.47 Å². The number of benzene rings is 4. The minimum atomic E-state index is -0.0417. The summed E-state index contributed by atoms with van der Waals surface area (Å²) in [6, 6.07) is 23.0. The number of phenolic OH excluding ortho intramolecular Hbond substituents is 1. The fraction of sp³-hybridized carbons (Fsp3) is 0.167. The van der Waals surface area contributed by atoms with Crippen molar-refractivity contribution < 1.29 is 19.4 Å². The molecule has 4 aromatic carbocycles. The van der Waals surface area contributed by atoms with Gasteiger partial charge in [-0.1, -0.05) is 48.2 Å². The van der Waals surface area contributed by atoms with Crippen LogP contribution in [0.15, 0.2) is 82.1 Å². The maximum Gasteiger partial charge on any atom is 0.230 e. The summed E-state index contributed by atoms with van der Waals surface area (Å²) in [4.78, 5) is 21.7. The maximum atomic E-state index is 12.4. The molecule has 9 heteroatoms. The molecule has 5 rings (SSSR count). The fourth-order valence-electron chi connectivity index (χ4n) is 4.15. The number of aliphatic imine (C=N–C) groups is 1. The number of fused-ring (bicyclic) bond motifs is 2.